The monoisotopic (exact) mass is 1610 g/mol. The van der Waals surface area contributed by atoms with Gasteiger partial charge in [-0.05, 0) is 90.9 Å². The van der Waals surface area contributed by atoms with E-state index in [9.17, 15) is 43.8 Å². The number of amides is 13. The molecule has 5 aromatic carbocycles. The summed E-state index contributed by atoms with van der Waals surface area (Å²) in [5.74, 6) is -13.5. The molecule has 10 rings (SSSR count). The summed E-state index contributed by atoms with van der Waals surface area (Å²) in [7, 11) is 1.81. The maximum atomic E-state index is 15.4. The second kappa shape index (κ2) is 42.2. The third kappa shape index (κ3) is 26.1. The molecule has 3 fully saturated rings. The number of nitrogens with one attached hydrogen (secondary N) is 12. The van der Waals surface area contributed by atoms with E-state index in [0.29, 0.717) is 51.6 Å². The van der Waals surface area contributed by atoms with Crippen molar-refractivity contribution < 1.29 is 72.5 Å². The van der Waals surface area contributed by atoms with E-state index >= 15 is 28.8 Å². The lowest BCUT2D eigenvalue weighted by atomic mass is 10.00. The molecule has 2 aromatic heterocycles. The van der Waals surface area contributed by atoms with Gasteiger partial charge in [0.15, 0.2) is 0 Å². The van der Waals surface area contributed by atoms with Crippen molar-refractivity contribution in [3.05, 3.63) is 186 Å². The van der Waals surface area contributed by atoms with Gasteiger partial charge in [0, 0.05) is 85.2 Å². The van der Waals surface area contributed by atoms with Gasteiger partial charge in [0.05, 0.1) is 30.2 Å². The standard InChI is InChI=1S/C77H94N18O15S3/c1-43-68(101)88-57(30-44-12-4-2-5-13-44)71(104)94-63(75(108)87-56(67(81)100)29-47-21-25-52(97)26-22-47)40-113-112-39-62(92-69(102)54(79)28-46-19-23-51(96)24-20-46)76(109)90-59(33-50-36-82-42-84-50)73(106)89-58(31-45-14-6-3-7-15-45)72(105)93-61-38-111-41-66(99)95(37-49(86-74(61)107)16-10-11-27-78)64(32-48-35-83-55-18-9-8-17-53(48)55)77(110)91-60(34-65(80)98)70(103)85-43/h2-9,12-15,17-26,35-36,42-43,49,54,56-64,83,96-97H,10-11,16,27-34,37-41,78-79H2,1H3,(H2,80,98)(H2,81,100)(H,82,84)(H,85,103)(H,86,107)(H,87,108)(H,88,101)(H,89,106)(H,90,109)(H,91,110)(H,92,102)(H,93,105)(H,94,104)/t43-,49-,54-,56-,57?,58+,59-,60-,61+,62?,63-,64?/m0/s1. The summed E-state index contributed by atoms with van der Waals surface area (Å²) < 4.78 is 0. The molecule has 13 amide bonds. The highest BCUT2D eigenvalue weighted by atomic mass is 33.1. The fraction of sp³-hybridized carbons (Fsp3) is 0.377. The number of unbranched alkanes of at least 4 members (excludes halogenated alkanes) is 1. The van der Waals surface area contributed by atoms with Crippen molar-refractivity contribution in [2.24, 2.45) is 22.9 Å². The van der Waals surface area contributed by atoms with Crippen LogP contribution >= 0.6 is 33.3 Å². The number of H-pyrrole nitrogens is 2. The highest BCUT2D eigenvalue weighted by Crippen LogP contribution is 2.27. The molecule has 3 unspecified atom stereocenters. The molecule has 0 aliphatic carbocycles. The molecule has 600 valence electrons. The van der Waals surface area contributed by atoms with Gasteiger partial charge in [-0.15, -0.1) is 11.8 Å². The van der Waals surface area contributed by atoms with Crippen molar-refractivity contribution in [1.82, 2.24) is 73.0 Å². The molecular formula is C77H94N18O15S3. The molecule has 5 heterocycles. The lowest BCUT2D eigenvalue weighted by Crippen LogP contribution is -2.62. The normalized spacial score (nSPS) is 22.4. The average Bonchev–Trinajstić information content (AvgIpc) is 1.78. The molecule has 3 aliphatic rings. The summed E-state index contributed by atoms with van der Waals surface area (Å²) in [5.41, 5.74) is 27.7. The van der Waals surface area contributed by atoms with Crippen molar-refractivity contribution in [2.75, 3.05) is 36.1 Å². The minimum Gasteiger partial charge on any atom is -0.508 e. The average molecular weight is 1610 g/mol. The van der Waals surface area contributed by atoms with E-state index in [1.807, 2.05) is 0 Å². The van der Waals surface area contributed by atoms with Crippen LogP contribution in [0.1, 0.15) is 66.1 Å². The van der Waals surface area contributed by atoms with Crippen LogP contribution in [0.25, 0.3) is 10.9 Å². The maximum absolute atomic E-state index is 15.4. The van der Waals surface area contributed by atoms with E-state index in [1.165, 1.54) is 60.7 Å². The maximum Gasteiger partial charge on any atom is 0.244 e. The van der Waals surface area contributed by atoms with Crippen LogP contribution in [0.4, 0.5) is 0 Å². The molecule has 0 spiro atoms. The first kappa shape index (κ1) is 85.5. The Morgan fingerprint density at radius 2 is 1.16 bits per heavy atom. The number of carbonyl (C=O) groups excluding carboxylic acids is 13. The number of aromatic amines is 2. The number of phenolic OH excluding ortho intramolecular Hbond substituents is 2. The van der Waals surface area contributed by atoms with E-state index in [0.717, 1.165) is 33.3 Å². The van der Waals surface area contributed by atoms with E-state index < -0.39 is 156 Å². The molecule has 0 saturated carbocycles. The number of primary amides is 2. The Bertz CT molecular complexity index is 4450. The van der Waals surface area contributed by atoms with Crippen LogP contribution in [0.3, 0.4) is 0 Å². The van der Waals surface area contributed by atoms with Crippen LogP contribution in [0.5, 0.6) is 11.5 Å². The van der Waals surface area contributed by atoms with Gasteiger partial charge < -0.3 is 101 Å². The van der Waals surface area contributed by atoms with Crippen LogP contribution in [0, 0.1) is 0 Å². The number of aromatic hydroxyl groups is 2. The number of para-hydroxylation sites is 1. The van der Waals surface area contributed by atoms with Gasteiger partial charge in [-0.25, -0.2) is 4.98 Å². The van der Waals surface area contributed by atoms with Crippen LogP contribution in [0.15, 0.2) is 152 Å². The van der Waals surface area contributed by atoms with Crippen LogP contribution in [-0.2, 0) is 101 Å². The van der Waals surface area contributed by atoms with Crippen molar-refractivity contribution in [3.8, 4) is 11.5 Å². The summed E-state index contributed by atoms with van der Waals surface area (Å²) in [6, 6.07) is 17.9. The van der Waals surface area contributed by atoms with Gasteiger partial charge in [0.1, 0.15) is 71.9 Å². The van der Waals surface area contributed by atoms with Crippen molar-refractivity contribution >= 4 is 121 Å². The highest BCUT2D eigenvalue weighted by Gasteiger charge is 2.40. The van der Waals surface area contributed by atoms with Gasteiger partial charge >= 0.3 is 0 Å². The summed E-state index contributed by atoms with van der Waals surface area (Å²) in [6.45, 7) is 1.18. The smallest absolute Gasteiger partial charge is 0.244 e. The van der Waals surface area contributed by atoms with Crippen LogP contribution < -0.4 is 76.1 Å². The molecule has 7 aromatic rings. The summed E-state index contributed by atoms with van der Waals surface area (Å²) in [6.07, 6.45) is 3.49. The number of hydrogen-bond donors (Lipinski definition) is 18. The van der Waals surface area contributed by atoms with E-state index in [1.54, 1.807) is 103 Å². The van der Waals surface area contributed by atoms with Gasteiger partial charge in [0.2, 0.25) is 76.8 Å². The van der Waals surface area contributed by atoms with Crippen molar-refractivity contribution in [2.45, 2.75) is 144 Å². The van der Waals surface area contributed by atoms with Crippen molar-refractivity contribution in [1.29, 1.82) is 0 Å². The summed E-state index contributed by atoms with van der Waals surface area (Å²) >= 11 is 0.947. The van der Waals surface area contributed by atoms with Gasteiger partial charge in [-0.1, -0.05) is 131 Å². The lowest BCUT2D eigenvalue weighted by Gasteiger charge is -2.36. The Kier molecular flexibility index (Phi) is 32.0. The second-order valence-electron chi connectivity index (χ2n) is 27.5. The summed E-state index contributed by atoms with van der Waals surface area (Å²) in [5, 5.41) is 47.9. The molecule has 22 N–H and O–H groups in total. The summed E-state index contributed by atoms with van der Waals surface area (Å²) in [4.78, 5) is 202. The Balaban J connectivity index is 1.12. The number of thioether (sulfide) groups is 1. The number of imidazole rings is 1. The number of benzene rings is 5. The van der Waals surface area contributed by atoms with E-state index in [2.05, 4.69) is 68.1 Å². The number of carbonyl (C=O) groups is 13. The minimum absolute atomic E-state index is 0.0496. The first-order valence-corrected chi connectivity index (χ1v) is 40.3. The topological polar surface area (TPSA) is 534 Å². The van der Waals surface area contributed by atoms with Gasteiger partial charge in [0.25, 0.3) is 0 Å². The Labute approximate surface area is 662 Å². The Morgan fingerprint density at radius 3 is 1.79 bits per heavy atom. The molecule has 2 bridgehead atoms. The van der Waals surface area contributed by atoms with Crippen molar-refractivity contribution in [3.63, 3.8) is 0 Å². The lowest BCUT2D eigenvalue weighted by molar-refractivity contribution is -0.141. The quantitative estimate of drug-likeness (QED) is 0.0209. The predicted molar refractivity (Wildman–Crippen MR) is 425 cm³/mol. The number of fused-ring (bicyclic) bond motifs is 32. The molecule has 0 radical (unpaired) electrons. The Morgan fingerprint density at radius 1 is 0.584 bits per heavy atom. The van der Waals surface area contributed by atoms with Gasteiger partial charge in [-0.3, -0.25) is 62.3 Å². The molecule has 36 heteroatoms. The van der Waals surface area contributed by atoms with Crippen LogP contribution in [0.2, 0.25) is 0 Å². The number of nitrogens with two attached hydrogens (primary N) is 4. The highest BCUT2D eigenvalue weighted by molar-refractivity contribution is 8.76. The largest absolute Gasteiger partial charge is 0.508 e. The predicted octanol–water partition coefficient (Wildman–Crippen LogP) is -0.918. The molecule has 113 heavy (non-hydrogen) atoms. The number of phenols is 2. The zero-order valence-electron chi connectivity index (χ0n) is 61.8. The SMILES string of the molecule is C[C@@H]1NC(=O)[C@H](CC(N)=O)NC(=O)C(Cc2c[nH]c3ccccc23)N2C[C@H](CCCCN)NC(=O)[C@@H](CSCC2=O)NC(=O)[C@@H](Cc2ccccc2)NC(=O)[C@H](Cc2c[nH]cn2)NC(=O)C(NC(=O)[C@@H](N)Cc2ccc(O)cc2)CSSC[C@@H](C(=O)N[C@@H](Cc2ccc(O)cc2)C(N)=O)NC(=O)C(Cc2ccccc2)NC1=O. The number of aromatic nitrogens is 3. The fourth-order valence-electron chi connectivity index (χ4n) is 12.7. The van der Waals surface area contributed by atoms with E-state index in [-0.39, 0.29) is 98.2 Å². The van der Waals surface area contributed by atoms with E-state index in [4.69, 9.17) is 22.9 Å². The molecule has 12 atom stereocenters. The number of nitrogens with zero attached hydrogens (tertiary/aromatic N) is 2. The Hall–Kier alpha value is -11.5. The zero-order chi connectivity index (χ0) is 81.1. The van der Waals surface area contributed by atoms with Crippen LogP contribution in [-0.4, -0.2) is 215 Å². The second-order valence-corrected chi connectivity index (χ2v) is 31.1. The zero-order valence-corrected chi connectivity index (χ0v) is 64.3. The third-order valence-electron chi connectivity index (χ3n) is 18.8. The molecule has 3 saturated heterocycles. The fourth-order valence-corrected chi connectivity index (χ4v) is 15.9. The van der Waals surface area contributed by atoms with Gasteiger partial charge in [-0.2, -0.15) is 0 Å². The first-order chi connectivity index (χ1) is 54.3. The third-order valence-corrected chi connectivity index (χ3v) is 22.2. The minimum atomic E-state index is -1.81. The molecule has 3 aliphatic heterocycles. The number of hydrogen-bond acceptors (Lipinski definition) is 21. The molecular weight excluding hydrogens is 1510 g/mol. The first-order valence-electron chi connectivity index (χ1n) is 36.6. The molecule has 33 nitrogen and oxygen atoms in total. The number of rotatable bonds is 23.